The van der Waals surface area contributed by atoms with Crippen LogP contribution < -0.4 is 0 Å². The van der Waals surface area contributed by atoms with Gasteiger partial charge in [0.1, 0.15) is 0 Å². The van der Waals surface area contributed by atoms with Crippen LogP contribution in [0.2, 0.25) is 0 Å². The van der Waals surface area contributed by atoms with Gasteiger partial charge in [-0.3, -0.25) is 0 Å². The summed E-state index contributed by atoms with van der Waals surface area (Å²) >= 11 is 0. The van der Waals surface area contributed by atoms with Crippen molar-refractivity contribution < 1.29 is 4.52 Å². The van der Waals surface area contributed by atoms with Gasteiger partial charge < -0.3 is 4.52 Å². The first-order valence-electron chi connectivity index (χ1n) is 4.28. The lowest BCUT2D eigenvalue weighted by atomic mass is 10.1. The molecule has 0 spiro atoms. The van der Waals surface area contributed by atoms with Crippen molar-refractivity contribution in [1.29, 1.82) is 0 Å². The molecule has 1 aliphatic rings. The van der Waals surface area contributed by atoms with Crippen LogP contribution in [-0.4, -0.2) is 5.16 Å². The maximum Gasteiger partial charge on any atom is 0.167 e. The first kappa shape index (κ1) is 6.23. The predicted octanol–water partition coefficient (Wildman–Crippen LogP) is 2.71. The predicted molar refractivity (Wildman–Crippen MR) is 46.0 cm³/mol. The largest absolute Gasteiger partial charge is 0.356 e. The summed E-state index contributed by atoms with van der Waals surface area (Å²) in [5.74, 6) is 0.791. The van der Waals surface area contributed by atoms with Crippen LogP contribution in [0.1, 0.15) is 24.3 Å². The van der Waals surface area contributed by atoms with Gasteiger partial charge in [0, 0.05) is 5.39 Å². The first-order valence-corrected chi connectivity index (χ1v) is 4.28. The van der Waals surface area contributed by atoms with Crippen molar-refractivity contribution in [2.75, 3.05) is 0 Å². The second-order valence-electron chi connectivity index (χ2n) is 3.40. The van der Waals surface area contributed by atoms with E-state index in [1.54, 1.807) is 6.20 Å². The maximum atomic E-state index is 5.09. The third-order valence-electron chi connectivity index (χ3n) is 2.43. The van der Waals surface area contributed by atoms with Crippen molar-refractivity contribution in [1.82, 2.24) is 5.16 Å². The minimum Gasteiger partial charge on any atom is -0.356 e. The summed E-state index contributed by atoms with van der Waals surface area (Å²) in [4.78, 5) is 0. The third kappa shape index (κ3) is 0.843. The van der Waals surface area contributed by atoms with Gasteiger partial charge in [0.05, 0.1) is 6.20 Å². The van der Waals surface area contributed by atoms with Crippen LogP contribution in [0.3, 0.4) is 0 Å². The molecule has 2 heteroatoms. The average Bonchev–Trinajstić information content (AvgIpc) is 2.84. The SMILES string of the molecule is c1cc2cnoc2cc1C1CC1. The molecule has 0 radical (unpaired) electrons. The van der Waals surface area contributed by atoms with E-state index in [2.05, 4.69) is 23.4 Å². The zero-order valence-corrected chi connectivity index (χ0v) is 6.66. The molecule has 0 aliphatic heterocycles. The molecule has 12 heavy (non-hydrogen) atoms. The normalized spacial score (nSPS) is 17.0. The fourth-order valence-corrected chi connectivity index (χ4v) is 1.55. The molecule has 0 unspecified atom stereocenters. The Morgan fingerprint density at radius 3 is 3.08 bits per heavy atom. The van der Waals surface area contributed by atoms with Crippen molar-refractivity contribution >= 4 is 11.0 Å². The number of nitrogens with zero attached hydrogens (tertiary/aromatic N) is 1. The van der Waals surface area contributed by atoms with Crippen LogP contribution in [0.4, 0.5) is 0 Å². The van der Waals surface area contributed by atoms with Gasteiger partial charge in [-0.25, -0.2) is 0 Å². The number of hydrogen-bond acceptors (Lipinski definition) is 2. The molecule has 1 fully saturated rings. The molecular weight excluding hydrogens is 150 g/mol. The molecule has 2 aromatic rings. The molecule has 3 rings (SSSR count). The van der Waals surface area contributed by atoms with Crippen LogP contribution in [-0.2, 0) is 0 Å². The van der Waals surface area contributed by atoms with Crippen LogP contribution in [0, 0.1) is 0 Å². The molecule has 60 valence electrons. The summed E-state index contributed by atoms with van der Waals surface area (Å²) in [6, 6.07) is 6.37. The number of rotatable bonds is 1. The van der Waals surface area contributed by atoms with Crippen molar-refractivity contribution in [3.05, 3.63) is 30.0 Å². The van der Waals surface area contributed by atoms with E-state index < -0.39 is 0 Å². The standard InChI is InChI=1S/C10H9NO/c1-2-7(1)8-3-4-9-6-11-12-10(9)5-8/h3-7H,1-2H2. The molecule has 0 bridgehead atoms. The Kier molecular flexibility index (Phi) is 1.09. The smallest absolute Gasteiger partial charge is 0.167 e. The highest BCUT2D eigenvalue weighted by Crippen LogP contribution is 2.40. The van der Waals surface area contributed by atoms with E-state index in [1.807, 2.05) is 0 Å². The lowest BCUT2D eigenvalue weighted by Gasteiger charge is -1.94. The Morgan fingerprint density at radius 1 is 1.33 bits per heavy atom. The van der Waals surface area contributed by atoms with E-state index in [9.17, 15) is 0 Å². The minimum atomic E-state index is 0.791. The van der Waals surface area contributed by atoms with Crippen LogP contribution >= 0.6 is 0 Å². The summed E-state index contributed by atoms with van der Waals surface area (Å²) in [6.07, 6.45) is 4.42. The van der Waals surface area contributed by atoms with Gasteiger partial charge in [-0.1, -0.05) is 11.2 Å². The van der Waals surface area contributed by atoms with Crippen LogP contribution in [0.25, 0.3) is 11.0 Å². The summed E-state index contributed by atoms with van der Waals surface area (Å²) < 4.78 is 5.09. The van der Waals surface area contributed by atoms with Crippen molar-refractivity contribution in [3.8, 4) is 0 Å². The van der Waals surface area contributed by atoms with Gasteiger partial charge in [0.15, 0.2) is 5.58 Å². The molecule has 1 saturated carbocycles. The highest BCUT2D eigenvalue weighted by atomic mass is 16.5. The third-order valence-corrected chi connectivity index (χ3v) is 2.43. The molecule has 1 aromatic heterocycles. The maximum absolute atomic E-state index is 5.09. The topological polar surface area (TPSA) is 26.0 Å². The lowest BCUT2D eigenvalue weighted by molar-refractivity contribution is 0.456. The molecule has 2 nitrogen and oxygen atoms in total. The van der Waals surface area contributed by atoms with Gasteiger partial charge in [-0.05, 0) is 36.5 Å². The zero-order valence-electron chi connectivity index (χ0n) is 6.66. The first-order chi connectivity index (χ1) is 5.93. The summed E-state index contributed by atoms with van der Waals surface area (Å²) in [5.41, 5.74) is 2.32. The Balaban J connectivity index is 2.21. The van der Waals surface area contributed by atoms with Gasteiger partial charge in [0.2, 0.25) is 0 Å². The molecular formula is C10H9NO. The Bertz CT molecular complexity index is 414. The van der Waals surface area contributed by atoms with Crippen molar-refractivity contribution in [2.24, 2.45) is 0 Å². The van der Waals surface area contributed by atoms with E-state index in [0.717, 1.165) is 16.9 Å². The Hall–Kier alpha value is -1.31. The molecule has 1 heterocycles. The zero-order chi connectivity index (χ0) is 7.97. The van der Waals surface area contributed by atoms with Gasteiger partial charge in [0.25, 0.3) is 0 Å². The molecule has 0 atom stereocenters. The molecule has 1 aromatic carbocycles. The Morgan fingerprint density at radius 2 is 2.25 bits per heavy atom. The quantitative estimate of drug-likeness (QED) is 0.639. The van der Waals surface area contributed by atoms with Crippen LogP contribution in [0.15, 0.2) is 28.9 Å². The second-order valence-corrected chi connectivity index (χ2v) is 3.40. The summed E-state index contributed by atoms with van der Waals surface area (Å²) in [6.45, 7) is 0. The van der Waals surface area contributed by atoms with Crippen molar-refractivity contribution in [3.63, 3.8) is 0 Å². The van der Waals surface area contributed by atoms with E-state index >= 15 is 0 Å². The molecule has 1 aliphatic carbocycles. The average molecular weight is 159 g/mol. The number of benzene rings is 1. The van der Waals surface area contributed by atoms with Crippen LogP contribution in [0.5, 0.6) is 0 Å². The number of fused-ring (bicyclic) bond motifs is 1. The van der Waals surface area contributed by atoms with E-state index in [4.69, 9.17) is 4.52 Å². The number of aromatic nitrogens is 1. The molecule has 0 N–H and O–H groups in total. The van der Waals surface area contributed by atoms with Gasteiger partial charge in [-0.2, -0.15) is 0 Å². The van der Waals surface area contributed by atoms with E-state index in [0.29, 0.717) is 0 Å². The molecule has 0 saturated heterocycles. The summed E-state index contributed by atoms with van der Waals surface area (Å²) in [5, 5.41) is 4.84. The van der Waals surface area contributed by atoms with E-state index in [1.165, 1.54) is 18.4 Å². The highest BCUT2D eigenvalue weighted by Gasteiger charge is 2.23. The van der Waals surface area contributed by atoms with Gasteiger partial charge in [-0.15, -0.1) is 0 Å². The van der Waals surface area contributed by atoms with Gasteiger partial charge >= 0.3 is 0 Å². The minimum absolute atomic E-state index is 0.791. The van der Waals surface area contributed by atoms with Crippen molar-refractivity contribution in [2.45, 2.75) is 18.8 Å². The lowest BCUT2D eigenvalue weighted by Crippen LogP contribution is -1.76. The Labute approximate surface area is 70.2 Å². The highest BCUT2D eigenvalue weighted by molar-refractivity contribution is 5.76. The summed E-state index contributed by atoms with van der Waals surface area (Å²) in [7, 11) is 0. The fourth-order valence-electron chi connectivity index (χ4n) is 1.55. The number of hydrogen-bond donors (Lipinski definition) is 0. The van der Waals surface area contributed by atoms with E-state index in [-0.39, 0.29) is 0 Å². The fraction of sp³-hybridized carbons (Fsp3) is 0.300. The second kappa shape index (κ2) is 2.09. The molecule has 0 amide bonds. The monoisotopic (exact) mass is 159 g/mol.